The fraction of sp³-hybridized carbons (Fsp3) is 0.270. The molecule has 4 aromatic rings. The Morgan fingerprint density at radius 3 is 1.30 bits per heavy atom. The molecule has 0 saturated carbocycles. The molecular weight excluding hydrogens is 576 g/mol. The van der Waals surface area contributed by atoms with Crippen LogP contribution in [0.1, 0.15) is 34.2 Å². The maximum atomic E-state index is 13.3. The Morgan fingerprint density at radius 2 is 0.848 bits per heavy atom. The Balaban J connectivity index is 1.19. The second-order valence-electron chi connectivity index (χ2n) is 11.3. The Labute approximate surface area is 272 Å². The van der Waals surface area contributed by atoms with Gasteiger partial charge in [0.2, 0.25) is 0 Å². The highest BCUT2D eigenvalue weighted by molar-refractivity contribution is 5.75. The van der Waals surface area contributed by atoms with Crippen LogP contribution in [0.3, 0.4) is 0 Å². The largest absolute Gasteiger partial charge is 0.334 e. The molecule has 0 aromatic heterocycles. The van der Waals surface area contributed by atoms with Crippen LogP contribution in [0.5, 0.6) is 0 Å². The van der Waals surface area contributed by atoms with Crippen LogP contribution in [0.25, 0.3) is 0 Å². The lowest BCUT2D eigenvalue weighted by molar-refractivity contribution is 0.191. The first-order chi connectivity index (χ1) is 22.4. The van der Waals surface area contributed by atoms with Gasteiger partial charge >= 0.3 is 18.1 Å². The van der Waals surface area contributed by atoms with Gasteiger partial charge in [0.25, 0.3) is 0 Å². The molecular formula is C37H44N6O3. The minimum absolute atomic E-state index is 0.146. The predicted octanol–water partition coefficient (Wildman–Crippen LogP) is 5.97. The summed E-state index contributed by atoms with van der Waals surface area (Å²) in [6, 6.07) is 37.0. The van der Waals surface area contributed by atoms with Crippen LogP contribution < -0.4 is 16.0 Å². The van der Waals surface area contributed by atoms with E-state index < -0.39 is 0 Å². The number of urea groups is 3. The van der Waals surface area contributed by atoms with Gasteiger partial charge in [0.15, 0.2) is 0 Å². The van der Waals surface area contributed by atoms with Crippen molar-refractivity contribution in [3.63, 3.8) is 0 Å². The summed E-state index contributed by atoms with van der Waals surface area (Å²) in [6.07, 6.45) is 0.653. The van der Waals surface area contributed by atoms with Crippen molar-refractivity contribution in [1.82, 2.24) is 30.7 Å². The van der Waals surface area contributed by atoms with Crippen molar-refractivity contribution in [1.29, 1.82) is 0 Å². The van der Waals surface area contributed by atoms with E-state index in [4.69, 9.17) is 0 Å². The van der Waals surface area contributed by atoms with Crippen molar-refractivity contribution in [2.75, 3.05) is 27.2 Å². The zero-order valence-corrected chi connectivity index (χ0v) is 26.7. The van der Waals surface area contributed by atoms with Crippen LogP contribution in [0.4, 0.5) is 14.4 Å². The SMILES string of the molecule is CN(CCCN(C)C(=O)NCc1cccc(CNC(=O)N(Cc2ccccc2)Cc2ccccc2)c1)C(=O)NCc1ccccc1. The van der Waals surface area contributed by atoms with Gasteiger partial charge in [-0.15, -0.1) is 0 Å². The maximum Gasteiger partial charge on any atom is 0.318 e. The van der Waals surface area contributed by atoms with Gasteiger partial charge < -0.3 is 30.7 Å². The smallest absolute Gasteiger partial charge is 0.318 e. The van der Waals surface area contributed by atoms with Gasteiger partial charge in [-0.2, -0.15) is 0 Å². The van der Waals surface area contributed by atoms with Gasteiger partial charge in [-0.25, -0.2) is 14.4 Å². The third kappa shape index (κ3) is 11.3. The van der Waals surface area contributed by atoms with Crippen LogP contribution in [-0.4, -0.2) is 60.0 Å². The summed E-state index contributed by atoms with van der Waals surface area (Å²) in [5.74, 6) is 0. The van der Waals surface area contributed by atoms with Crippen LogP contribution in [0, 0.1) is 0 Å². The molecule has 0 fully saturated rings. The van der Waals surface area contributed by atoms with Gasteiger partial charge in [-0.05, 0) is 34.2 Å². The molecule has 0 unspecified atom stereocenters. The van der Waals surface area contributed by atoms with Crippen LogP contribution in [0.2, 0.25) is 0 Å². The summed E-state index contributed by atoms with van der Waals surface area (Å²) in [5, 5.41) is 8.94. The first-order valence-corrected chi connectivity index (χ1v) is 15.6. The van der Waals surface area contributed by atoms with Crippen molar-refractivity contribution in [3.05, 3.63) is 143 Å². The van der Waals surface area contributed by atoms with Gasteiger partial charge in [0, 0.05) is 59.9 Å². The average molecular weight is 621 g/mol. The number of rotatable bonds is 14. The highest BCUT2D eigenvalue weighted by atomic mass is 16.2. The summed E-state index contributed by atoms with van der Waals surface area (Å²) in [7, 11) is 3.49. The fourth-order valence-corrected chi connectivity index (χ4v) is 4.92. The van der Waals surface area contributed by atoms with E-state index in [0.29, 0.717) is 52.2 Å². The molecule has 0 radical (unpaired) electrons. The van der Waals surface area contributed by atoms with Crippen molar-refractivity contribution in [3.8, 4) is 0 Å². The average Bonchev–Trinajstić information content (AvgIpc) is 3.09. The van der Waals surface area contributed by atoms with Crippen molar-refractivity contribution in [2.24, 2.45) is 0 Å². The van der Waals surface area contributed by atoms with Crippen LogP contribution in [-0.2, 0) is 32.7 Å². The van der Waals surface area contributed by atoms with Gasteiger partial charge in [-0.3, -0.25) is 0 Å². The van der Waals surface area contributed by atoms with Gasteiger partial charge in [-0.1, -0.05) is 115 Å². The lowest BCUT2D eigenvalue weighted by atomic mass is 10.1. The molecule has 6 amide bonds. The highest BCUT2D eigenvalue weighted by Crippen LogP contribution is 2.12. The van der Waals surface area contributed by atoms with Crippen molar-refractivity contribution < 1.29 is 14.4 Å². The summed E-state index contributed by atoms with van der Waals surface area (Å²) < 4.78 is 0. The Kier molecular flexibility index (Phi) is 13.0. The molecule has 0 atom stereocenters. The molecule has 0 saturated heterocycles. The van der Waals surface area contributed by atoms with E-state index in [0.717, 1.165) is 27.8 Å². The number of benzene rings is 4. The third-order valence-corrected chi connectivity index (χ3v) is 7.57. The lowest BCUT2D eigenvalue weighted by Gasteiger charge is -2.24. The summed E-state index contributed by atoms with van der Waals surface area (Å²) in [6.45, 7) is 3.24. The minimum atomic E-state index is -0.188. The molecule has 0 aliphatic rings. The summed E-state index contributed by atoms with van der Waals surface area (Å²) >= 11 is 0. The van der Waals surface area contributed by atoms with Gasteiger partial charge in [0.1, 0.15) is 0 Å². The van der Waals surface area contributed by atoms with Crippen LogP contribution >= 0.6 is 0 Å². The molecule has 240 valence electrons. The van der Waals surface area contributed by atoms with E-state index in [1.807, 2.05) is 115 Å². The maximum absolute atomic E-state index is 13.3. The number of carbonyl (C=O) groups is 3. The number of amides is 6. The Bertz CT molecular complexity index is 1480. The van der Waals surface area contributed by atoms with E-state index in [1.165, 1.54) is 0 Å². The first-order valence-electron chi connectivity index (χ1n) is 15.6. The van der Waals surface area contributed by atoms with E-state index in [1.54, 1.807) is 28.8 Å². The van der Waals surface area contributed by atoms with Crippen LogP contribution in [0.15, 0.2) is 115 Å². The number of nitrogens with one attached hydrogen (secondary N) is 3. The zero-order valence-electron chi connectivity index (χ0n) is 26.7. The summed E-state index contributed by atoms with van der Waals surface area (Å²) in [5.41, 5.74) is 5.05. The Hall–Kier alpha value is -5.31. The molecule has 0 bridgehead atoms. The Morgan fingerprint density at radius 1 is 0.478 bits per heavy atom. The second kappa shape index (κ2) is 17.9. The molecule has 9 nitrogen and oxygen atoms in total. The van der Waals surface area contributed by atoms with Gasteiger partial charge in [0.05, 0.1) is 0 Å². The zero-order chi connectivity index (χ0) is 32.6. The third-order valence-electron chi connectivity index (χ3n) is 7.57. The van der Waals surface area contributed by atoms with Crippen molar-refractivity contribution in [2.45, 2.75) is 39.1 Å². The molecule has 0 spiro atoms. The monoisotopic (exact) mass is 620 g/mol. The number of hydrogen-bond acceptors (Lipinski definition) is 3. The molecule has 3 N–H and O–H groups in total. The molecule has 46 heavy (non-hydrogen) atoms. The van der Waals surface area contributed by atoms with E-state index in [9.17, 15) is 14.4 Å². The standard InChI is InChI=1S/C37H44N6O3/c1-41(35(44)38-25-30-14-6-3-7-15-30)22-13-23-42(2)36(45)39-26-33-20-12-21-34(24-33)27-40-37(46)43(28-31-16-8-4-9-17-31)29-32-18-10-5-11-19-32/h3-12,14-21,24H,13,22-23,25-29H2,1-2H3,(H,38,44)(H,39,45)(H,40,46). The first kappa shape index (κ1) is 33.6. The highest BCUT2D eigenvalue weighted by Gasteiger charge is 2.15. The lowest BCUT2D eigenvalue weighted by Crippen LogP contribution is -2.40. The van der Waals surface area contributed by atoms with E-state index in [2.05, 4.69) is 16.0 Å². The predicted molar refractivity (Wildman–Crippen MR) is 182 cm³/mol. The van der Waals surface area contributed by atoms with E-state index in [-0.39, 0.29) is 18.1 Å². The number of hydrogen-bond donors (Lipinski definition) is 3. The molecule has 0 aliphatic carbocycles. The molecule has 0 heterocycles. The topological polar surface area (TPSA) is 97.0 Å². The number of carbonyl (C=O) groups excluding carboxylic acids is 3. The molecule has 0 aliphatic heterocycles. The fourth-order valence-electron chi connectivity index (χ4n) is 4.92. The van der Waals surface area contributed by atoms with E-state index >= 15 is 0 Å². The molecule has 9 heteroatoms. The quantitative estimate of drug-likeness (QED) is 0.162. The molecule has 4 aromatic carbocycles. The second-order valence-corrected chi connectivity index (χ2v) is 11.3. The summed E-state index contributed by atoms with van der Waals surface area (Å²) in [4.78, 5) is 43.4. The normalized spacial score (nSPS) is 10.5. The molecule has 4 rings (SSSR count). The minimum Gasteiger partial charge on any atom is -0.334 e. The van der Waals surface area contributed by atoms with Crippen molar-refractivity contribution >= 4 is 18.1 Å². The number of nitrogens with zero attached hydrogens (tertiary/aromatic N) is 3.